The molecule has 0 spiro atoms. The summed E-state index contributed by atoms with van der Waals surface area (Å²) >= 11 is 0. The van der Waals surface area contributed by atoms with Crippen LogP contribution in [0.4, 0.5) is 0 Å². The van der Waals surface area contributed by atoms with Crippen LogP contribution in [0.3, 0.4) is 0 Å². The van der Waals surface area contributed by atoms with Gasteiger partial charge >= 0.3 is 5.97 Å². The number of hydrogen-bond donors (Lipinski definition) is 2. The summed E-state index contributed by atoms with van der Waals surface area (Å²) in [5.41, 5.74) is 1.92. The van der Waals surface area contributed by atoms with Crippen LogP contribution in [0.2, 0.25) is 0 Å². The zero-order valence-corrected chi connectivity index (χ0v) is 14.8. The second-order valence-corrected chi connectivity index (χ2v) is 6.68. The highest BCUT2D eigenvalue weighted by Gasteiger charge is 2.21. The second-order valence-electron chi connectivity index (χ2n) is 6.68. The van der Waals surface area contributed by atoms with E-state index in [9.17, 15) is 14.7 Å². The van der Waals surface area contributed by atoms with Gasteiger partial charge < -0.3 is 10.4 Å². The lowest BCUT2D eigenvalue weighted by Gasteiger charge is -2.17. The Balaban J connectivity index is 2.07. The first-order valence-corrected chi connectivity index (χ1v) is 8.50. The van der Waals surface area contributed by atoms with E-state index in [1.165, 1.54) is 0 Å². The summed E-state index contributed by atoms with van der Waals surface area (Å²) in [5.74, 6) is -1.90. The number of allylic oxidation sites excluding steroid dienone is 1. The lowest BCUT2D eigenvalue weighted by Crippen LogP contribution is -2.37. The van der Waals surface area contributed by atoms with E-state index in [1.54, 1.807) is 0 Å². The second kappa shape index (κ2) is 8.47. The van der Waals surface area contributed by atoms with Crippen molar-refractivity contribution >= 4 is 22.6 Å². The number of aliphatic carboxylic acids is 1. The summed E-state index contributed by atoms with van der Waals surface area (Å²) < 4.78 is 0. The van der Waals surface area contributed by atoms with Gasteiger partial charge in [-0.15, -0.1) is 6.58 Å². The largest absolute Gasteiger partial charge is 0.481 e. The van der Waals surface area contributed by atoms with Gasteiger partial charge in [-0.25, -0.2) is 0 Å². The quantitative estimate of drug-likeness (QED) is 0.719. The number of nitrogens with one attached hydrogen (secondary N) is 1. The van der Waals surface area contributed by atoms with Crippen molar-refractivity contribution in [3.05, 3.63) is 60.2 Å². The van der Waals surface area contributed by atoms with Crippen molar-refractivity contribution in [2.24, 2.45) is 11.8 Å². The van der Waals surface area contributed by atoms with Crippen LogP contribution < -0.4 is 5.32 Å². The molecule has 2 atom stereocenters. The van der Waals surface area contributed by atoms with E-state index in [1.807, 2.05) is 56.3 Å². The van der Waals surface area contributed by atoms with Crippen LogP contribution in [0.1, 0.15) is 25.8 Å². The maximum Gasteiger partial charge on any atom is 0.308 e. The van der Waals surface area contributed by atoms with Crippen LogP contribution in [0, 0.1) is 11.8 Å². The third-order valence-corrected chi connectivity index (χ3v) is 4.32. The monoisotopic (exact) mass is 339 g/mol. The molecule has 132 valence electrons. The summed E-state index contributed by atoms with van der Waals surface area (Å²) in [4.78, 5) is 23.8. The minimum Gasteiger partial charge on any atom is -0.481 e. The molecule has 0 saturated heterocycles. The Morgan fingerprint density at radius 2 is 1.84 bits per heavy atom. The molecule has 1 amide bonds. The van der Waals surface area contributed by atoms with Crippen molar-refractivity contribution in [3.8, 4) is 0 Å². The number of carbonyl (C=O) groups excluding carboxylic acids is 1. The Morgan fingerprint density at radius 1 is 1.16 bits per heavy atom. The van der Waals surface area contributed by atoms with E-state index in [2.05, 4.69) is 11.9 Å². The molecule has 2 unspecified atom stereocenters. The fourth-order valence-corrected chi connectivity index (χ4v) is 3.00. The molecule has 2 aromatic carbocycles. The van der Waals surface area contributed by atoms with Crippen LogP contribution in [0.15, 0.2) is 54.6 Å². The Morgan fingerprint density at radius 3 is 2.52 bits per heavy atom. The molecular formula is C21H25NO3. The molecule has 0 aliphatic rings. The van der Waals surface area contributed by atoms with Crippen molar-refractivity contribution in [3.63, 3.8) is 0 Å². The van der Waals surface area contributed by atoms with Crippen LogP contribution in [0.5, 0.6) is 0 Å². The Bertz CT molecular complexity index is 776. The normalized spacial score (nSPS) is 13.2. The smallest absolute Gasteiger partial charge is 0.308 e. The fraction of sp³-hybridized carbons (Fsp3) is 0.333. The van der Waals surface area contributed by atoms with Gasteiger partial charge in [0.2, 0.25) is 5.91 Å². The zero-order valence-electron chi connectivity index (χ0n) is 14.8. The van der Waals surface area contributed by atoms with Crippen LogP contribution in [-0.4, -0.2) is 23.5 Å². The number of carboxylic acid groups (broad SMARTS) is 1. The first-order chi connectivity index (χ1) is 11.9. The summed E-state index contributed by atoms with van der Waals surface area (Å²) in [6, 6.07) is 13.8. The lowest BCUT2D eigenvalue weighted by atomic mass is 9.94. The van der Waals surface area contributed by atoms with E-state index in [0.717, 1.165) is 21.9 Å². The predicted molar refractivity (Wildman–Crippen MR) is 100 cm³/mol. The average molecular weight is 339 g/mol. The van der Waals surface area contributed by atoms with Crippen molar-refractivity contribution < 1.29 is 14.7 Å². The highest BCUT2D eigenvalue weighted by molar-refractivity contribution is 5.86. The number of carboxylic acids is 1. The lowest BCUT2D eigenvalue weighted by molar-refractivity contribution is -0.141. The van der Waals surface area contributed by atoms with Gasteiger partial charge in [0.25, 0.3) is 0 Å². The number of amides is 1. The predicted octanol–water partition coefficient (Wildman–Crippen LogP) is 3.80. The summed E-state index contributed by atoms with van der Waals surface area (Å²) in [6.45, 7) is 7.64. The van der Waals surface area contributed by atoms with Crippen LogP contribution in [-0.2, 0) is 16.0 Å². The van der Waals surface area contributed by atoms with Gasteiger partial charge in [-0.2, -0.15) is 0 Å². The molecule has 2 N–H and O–H groups in total. The van der Waals surface area contributed by atoms with Gasteiger partial charge in [0.15, 0.2) is 0 Å². The molecule has 0 aliphatic heterocycles. The van der Waals surface area contributed by atoms with E-state index in [4.69, 9.17) is 0 Å². The van der Waals surface area contributed by atoms with E-state index >= 15 is 0 Å². The first kappa shape index (κ1) is 18.7. The fourth-order valence-electron chi connectivity index (χ4n) is 3.00. The van der Waals surface area contributed by atoms with E-state index in [-0.39, 0.29) is 18.4 Å². The summed E-state index contributed by atoms with van der Waals surface area (Å²) in [5, 5.41) is 14.5. The van der Waals surface area contributed by atoms with Gasteiger partial charge in [-0.1, -0.05) is 55.0 Å². The number of rotatable bonds is 8. The molecule has 4 heteroatoms. The van der Waals surface area contributed by atoms with Gasteiger partial charge in [0, 0.05) is 12.5 Å². The number of benzene rings is 2. The van der Waals surface area contributed by atoms with Gasteiger partial charge in [0.1, 0.15) is 0 Å². The maximum atomic E-state index is 12.1. The minimum atomic E-state index is -0.902. The Labute approximate surface area is 148 Å². The first-order valence-electron chi connectivity index (χ1n) is 8.50. The van der Waals surface area contributed by atoms with Crippen molar-refractivity contribution in [1.82, 2.24) is 5.32 Å². The van der Waals surface area contributed by atoms with Crippen LogP contribution >= 0.6 is 0 Å². The molecular weight excluding hydrogens is 314 g/mol. The molecule has 2 aromatic rings. The number of fused-ring (bicyclic) bond motifs is 1. The van der Waals surface area contributed by atoms with Crippen molar-refractivity contribution in [2.75, 3.05) is 6.54 Å². The van der Waals surface area contributed by atoms with E-state index < -0.39 is 11.9 Å². The number of carbonyl (C=O) groups is 2. The summed E-state index contributed by atoms with van der Waals surface area (Å²) in [7, 11) is 0. The molecule has 0 saturated carbocycles. The minimum absolute atomic E-state index is 0.123. The highest BCUT2D eigenvalue weighted by atomic mass is 16.4. The van der Waals surface area contributed by atoms with Crippen LogP contribution in [0.25, 0.3) is 10.8 Å². The standard InChI is InChI=1S/C21H25NO3/c1-14(2)11-15(3)20(23)22-13-18(21(24)25)12-17-9-6-8-16-7-4-5-10-19(16)17/h4-10,15,18H,1,11-13H2,2-3H3,(H,22,23)(H,24,25). The molecule has 0 aromatic heterocycles. The molecule has 25 heavy (non-hydrogen) atoms. The van der Waals surface area contributed by atoms with Gasteiger partial charge in [-0.3, -0.25) is 9.59 Å². The Kier molecular flexibility index (Phi) is 6.34. The molecule has 0 radical (unpaired) electrons. The zero-order chi connectivity index (χ0) is 18.4. The summed E-state index contributed by atoms with van der Waals surface area (Å²) in [6.07, 6.45) is 0.985. The van der Waals surface area contributed by atoms with Crippen molar-refractivity contribution in [1.29, 1.82) is 0 Å². The van der Waals surface area contributed by atoms with Gasteiger partial charge in [0.05, 0.1) is 5.92 Å². The SMILES string of the molecule is C=C(C)CC(C)C(=O)NCC(Cc1cccc2ccccc12)C(=O)O. The van der Waals surface area contributed by atoms with E-state index in [0.29, 0.717) is 12.8 Å². The number of hydrogen-bond acceptors (Lipinski definition) is 2. The molecule has 0 fully saturated rings. The maximum absolute atomic E-state index is 12.1. The topological polar surface area (TPSA) is 66.4 Å². The molecule has 2 rings (SSSR count). The molecule has 0 bridgehead atoms. The average Bonchev–Trinajstić information content (AvgIpc) is 2.57. The molecule has 0 heterocycles. The van der Waals surface area contributed by atoms with Gasteiger partial charge in [-0.05, 0) is 36.1 Å². The molecule has 4 nitrogen and oxygen atoms in total. The highest BCUT2D eigenvalue weighted by Crippen LogP contribution is 2.21. The van der Waals surface area contributed by atoms with Crippen molar-refractivity contribution in [2.45, 2.75) is 26.7 Å². The molecule has 0 aliphatic carbocycles. The Hall–Kier alpha value is -2.62. The third kappa shape index (κ3) is 5.18. The third-order valence-electron chi connectivity index (χ3n) is 4.32.